The molecule has 2 aromatic rings. The van der Waals surface area contributed by atoms with Gasteiger partial charge in [-0.2, -0.15) is 0 Å². The second kappa shape index (κ2) is 8.70. The van der Waals surface area contributed by atoms with Crippen molar-refractivity contribution in [1.82, 2.24) is 0 Å². The number of hydrogen-bond acceptors (Lipinski definition) is 6. The van der Waals surface area contributed by atoms with Gasteiger partial charge in [0.1, 0.15) is 0 Å². The molecule has 40 heavy (non-hydrogen) atoms. The number of carbonyl (C=O) groups is 5. The van der Waals surface area contributed by atoms with Crippen molar-refractivity contribution in [1.29, 1.82) is 0 Å². The fraction of sp³-hybridized carbons (Fsp3) is 0.387. The molecule has 2 saturated heterocycles. The van der Waals surface area contributed by atoms with Crippen LogP contribution in [-0.4, -0.2) is 40.5 Å². The van der Waals surface area contributed by atoms with E-state index in [9.17, 15) is 24.0 Å². The highest BCUT2D eigenvalue weighted by molar-refractivity contribution is 9.10. The van der Waals surface area contributed by atoms with Gasteiger partial charge in [-0.25, -0.2) is 14.6 Å². The largest absolute Gasteiger partial charge is 0.463 e. The maximum Gasteiger partial charge on any atom is 0.334 e. The Hall–Kier alpha value is -3.59. The molecule has 8 nitrogen and oxygen atoms in total. The summed E-state index contributed by atoms with van der Waals surface area (Å²) < 4.78 is 4.01. The van der Waals surface area contributed by atoms with Crippen LogP contribution >= 0.6 is 15.9 Å². The molecule has 5 aliphatic rings. The lowest BCUT2D eigenvalue weighted by atomic mass is 9.43. The third kappa shape index (κ3) is 3.09. The van der Waals surface area contributed by atoms with E-state index < -0.39 is 63.0 Å². The number of ether oxygens (including phenoxy) is 1. The van der Waals surface area contributed by atoms with Gasteiger partial charge in [0.05, 0.1) is 46.0 Å². The molecule has 2 heterocycles. The number of rotatable bonds is 4. The Morgan fingerprint density at radius 3 is 1.62 bits per heavy atom. The predicted molar refractivity (Wildman–Crippen MR) is 150 cm³/mol. The molecular weight excluding hydrogens is 576 g/mol. The Morgan fingerprint density at radius 2 is 1.23 bits per heavy atom. The van der Waals surface area contributed by atoms with Crippen LogP contribution < -0.4 is 9.80 Å². The van der Waals surface area contributed by atoms with Crippen LogP contribution in [0, 0.1) is 42.9 Å². The van der Waals surface area contributed by atoms with Gasteiger partial charge in [-0.15, -0.1) is 0 Å². The van der Waals surface area contributed by atoms with Crippen molar-refractivity contribution in [3.8, 4) is 0 Å². The molecule has 206 valence electrons. The van der Waals surface area contributed by atoms with E-state index in [1.807, 2.05) is 26.0 Å². The van der Waals surface area contributed by atoms with Gasteiger partial charge in [0.25, 0.3) is 0 Å². The number of anilines is 2. The molecule has 3 aliphatic carbocycles. The molecule has 2 bridgehead atoms. The van der Waals surface area contributed by atoms with E-state index in [1.165, 1.54) is 0 Å². The summed E-state index contributed by atoms with van der Waals surface area (Å²) >= 11 is 3.80. The third-order valence-corrected chi connectivity index (χ3v) is 10.9. The number of amides is 4. The molecule has 0 spiro atoms. The van der Waals surface area contributed by atoms with Crippen molar-refractivity contribution in [3.05, 3.63) is 70.8 Å². The Morgan fingerprint density at radius 1 is 0.800 bits per heavy atom. The van der Waals surface area contributed by atoms with Crippen LogP contribution in [0.4, 0.5) is 11.4 Å². The highest BCUT2D eigenvalue weighted by atomic mass is 79.9. The van der Waals surface area contributed by atoms with Gasteiger partial charge < -0.3 is 4.74 Å². The second-order valence-corrected chi connectivity index (χ2v) is 12.7. The zero-order valence-electron chi connectivity index (χ0n) is 22.9. The van der Waals surface area contributed by atoms with E-state index in [1.54, 1.807) is 57.2 Å². The van der Waals surface area contributed by atoms with Crippen LogP contribution in [0.2, 0.25) is 0 Å². The smallest absolute Gasteiger partial charge is 0.334 e. The molecule has 1 saturated carbocycles. The quantitative estimate of drug-likeness (QED) is 0.294. The van der Waals surface area contributed by atoms with Crippen molar-refractivity contribution >= 4 is 56.9 Å². The number of esters is 1. The van der Waals surface area contributed by atoms with E-state index in [2.05, 4.69) is 15.9 Å². The molecule has 3 fully saturated rings. The molecule has 0 aromatic heterocycles. The minimum Gasteiger partial charge on any atom is -0.463 e. The van der Waals surface area contributed by atoms with Crippen LogP contribution in [0.5, 0.6) is 0 Å². The first-order valence-electron chi connectivity index (χ1n) is 13.4. The van der Waals surface area contributed by atoms with Crippen molar-refractivity contribution in [2.45, 2.75) is 38.9 Å². The van der Waals surface area contributed by atoms with E-state index in [-0.39, 0.29) is 12.2 Å². The number of carbonyl (C=O) groups excluding carboxylic acids is 5. The summed E-state index contributed by atoms with van der Waals surface area (Å²) in [5.41, 5.74) is 1.76. The zero-order chi connectivity index (χ0) is 28.9. The molecule has 0 radical (unpaired) electrons. The lowest BCUT2D eigenvalue weighted by molar-refractivity contribution is -0.152. The van der Waals surface area contributed by atoms with Gasteiger partial charge >= 0.3 is 5.97 Å². The maximum atomic E-state index is 14.3. The highest BCUT2D eigenvalue weighted by Gasteiger charge is 2.81. The van der Waals surface area contributed by atoms with Gasteiger partial charge in [0.2, 0.25) is 23.6 Å². The fourth-order valence-electron chi connectivity index (χ4n) is 7.77. The van der Waals surface area contributed by atoms with Crippen LogP contribution in [0.25, 0.3) is 0 Å². The van der Waals surface area contributed by atoms with E-state index >= 15 is 0 Å². The normalized spacial score (nSPS) is 32.6. The minimum absolute atomic E-state index is 0.0910. The van der Waals surface area contributed by atoms with Crippen molar-refractivity contribution in [2.24, 2.45) is 29.1 Å². The first-order valence-corrected chi connectivity index (χ1v) is 14.2. The second-order valence-electron chi connectivity index (χ2n) is 11.4. The number of alkyl halides is 1. The summed E-state index contributed by atoms with van der Waals surface area (Å²) in [6, 6.07) is 14.1. The topological polar surface area (TPSA) is 101 Å². The summed E-state index contributed by atoms with van der Waals surface area (Å²) in [5, 5.41) is 0. The van der Waals surface area contributed by atoms with Crippen molar-refractivity contribution < 1.29 is 28.7 Å². The first kappa shape index (κ1) is 26.6. The van der Waals surface area contributed by atoms with Gasteiger partial charge in [-0.1, -0.05) is 47.1 Å². The molecule has 9 heteroatoms. The summed E-state index contributed by atoms with van der Waals surface area (Å²) in [6.45, 7) is 8.88. The maximum absolute atomic E-state index is 14.3. The van der Waals surface area contributed by atoms with Crippen LogP contribution in [-0.2, 0) is 28.7 Å². The van der Waals surface area contributed by atoms with Gasteiger partial charge in [0, 0.05) is 11.0 Å². The first-order chi connectivity index (χ1) is 18.9. The Labute approximate surface area is 240 Å². The standard InChI is InChI=1S/C31H29BrN2O6/c1-6-40-29(39)20-17(4)31(32)23-21(25(35)33(27(23)37)18-11-7-9-15(2)13-18)30(20,5)22-24(31)28(38)34(26(22)36)19-12-8-10-16(3)14-19/h7-14,21-24H,6H2,1-5H3/t21-,22+,23-,24-,30?,31?/m0/s1. The SMILES string of the molecule is CCOC(=O)C1=C(C)C2(Br)[C@@H]3C(=O)N(c4cccc(C)c4)C(=O)[C@H]3C1(C)[C@H]1C(=O)N(c3cccc(C)c3)C(=O)[C@H]12. The minimum atomic E-state index is -1.46. The number of hydrogen-bond donors (Lipinski definition) is 0. The highest BCUT2D eigenvalue weighted by Crippen LogP contribution is 2.72. The summed E-state index contributed by atoms with van der Waals surface area (Å²) in [7, 11) is 0. The number of nitrogens with zero attached hydrogens (tertiary/aromatic N) is 2. The predicted octanol–water partition coefficient (Wildman–Crippen LogP) is 4.26. The Bertz CT molecular complexity index is 1490. The molecule has 2 aromatic carbocycles. The van der Waals surface area contributed by atoms with Gasteiger partial charge in [-0.05, 0) is 68.7 Å². The number of halogens is 1. The summed E-state index contributed by atoms with van der Waals surface area (Å²) in [5.74, 6) is -6.66. The van der Waals surface area contributed by atoms with Crippen LogP contribution in [0.15, 0.2) is 59.7 Å². The van der Waals surface area contributed by atoms with E-state index in [0.717, 1.165) is 20.9 Å². The molecule has 0 N–H and O–H groups in total. The molecular formula is C31H29BrN2O6. The van der Waals surface area contributed by atoms with Crippen LogP contribution in [0.1, 0.15) is 31.9 Å². The lowest BCUT2D eigenvalue weighted by Gasteiger charge is -2.59. The number of benzene rings is 2. The molecule has 2 unspecified atom stereocenters. The Balaban J connectivity index is 1.60. The van der Waals surface area contributed by atoms with Gasteiger partial charge in [-0.3, -0.25) is 19.2 Å². The summed E-state index contributed by atoms with van der Waals surface area (Å²) in [4.78, 5) is 73.0. The lowest BCUT2D eigenvalue weighted by Crippen LogP contribution is -2.67. The average Bonchev–Trinajstić information content (AvgIpc) is 3.33. The van der Waals surface area contributed by atoms with Crippen molar-refractivity contribution in [2.75, 3.05) is 16.4 Å². The molecule has 6 atom stereocenters. The molecule has 2 aliphatic heterocycles. The van der Waals surface area contributed by atoms with E-state index in [4.69, 9.17) is 4.74 Å². The zero-order valence-corrected chi connectivity index (χ0v) is 24.4. The number of aryl methyl sites for hydroxylation is 2. The Kier molecular flexibility index (Phi) is 5.79. The van der Waals surface area contributed by atoms with E-state index in [0.29, 0.717) is 16.9 Å². The van der Waals surface area contributed by atoms with Crippen LogP contribution in [0.3, 0.4) is 0 Å². The molecule has 4 amide bonds. The molecule has 7 rings (SSSR count). The average molecular weight is 605 g/mol. The van der Waals surface area contributed by atoms with Gasteiger partial charge in [0.15, 0.2) is 0 Å². The summed E-state index contributed by atoms with van der Waals surface area (Å²) in [6.07, 6.45) is 0. The monoisotopic (exact) mass is 604 g/mol. The fourth-order valence-corrected chi connectivity index (χ4v) is 8.89. The third-order valence-electron chi connectivity index (χ3n) is 9.30. The number of allylic oxidation sites excluding steroid dienone is 1. The van der Waals surface area contributed by atoms with Crippen molar-refractivity contribution in [3.63, 3.8) is 0 Å². The number of imide groups is 2.